The minimum atomic E-state index is -0.483. The maximum atomic E-state index is 12.8. The molecule has 0 atom stereocenters. The van der Waals surface area contributed by atoms with Crippen molar-refractivity contribution in [3.63, 3.8) is 0 Å². The molecule has 0 unspecified atom stereocenters. The Labute approximate surface area is 121 Å². The van der Waals surface area contributed by atoms with Gasteiger partial charge in [0.1, 0.15) is 11.6 Å². The molecule has 1 aromatic carbocycles. The zero-order chi connectivity index (χ0) is 15.1. The zero-order valence-electron chi connectivity index (χ0n) is 11.2. The van der Waals surface area contributed by atoms with Gasteiger partial charge in [0.15, 0.2) is 6.61 Å². The monoisotopic (exact) mass is 303 g/mol. The number of hydrogen-bond acceptors (Lipinski definition) is 4. The number of likely N-dealkylation sites (N-methyl/N-ethyl adjacent to an activating group) is 1. The van der Waals surface area contributed by atoms with Crippen LogP contribution < -0.4 is 4.74 Å². The van der Waals surface area contributed by atoms with Crippen LogP contribution in [0.5, 0.6) is 5.75 Å². The van der Waals surface area contributed by atoms with E-state index in [1.165, 1.54) is 24.1 Å². The lowest BCUT2D eigenvalue weighted by molar-refractivity contribution is -0.141. The molecule has 110 valence electrons. The van der Waals surface area contributed by atoms with Crippen LogP contribution >= 0.6 is 11.6 Å². The van der Waals surface area contributed by atoms with Crippen LogP contribution in [0.3, 0.4) is 0 Å². The first kappa shape index (κ1) is 16.2. The van der Waals surface area contributed by atoms with Crippen LogP contribution in [0, 0.1) is 5.82 Å². The molecule has 0 N–H and O–H groups in total. The molecule has 20 heavy (non-hydrogen) atoms. The van der Waals surface area contributed by atoms with E-state index in [1.54, 1.807) is 7.05 Å². The normalized spacial score (nSPS) is 10.0. The third-order valence-corrected chi connectivity index (χ3v) is 2.85. The molecule has 0 aliphatic rings. The minimum absolute atomic E-state index is 0.0926. The van der Waals surface area contributed by atoms with Crippen molar-refractivity contribution >= 4 is 23.5 Å². The molecule has 0 radical (unpaired) electrons. The van der Waals surface area contributed by atoms with E-state index in [2.05, 4.69) is 4.74 Å². The lowest BCUT2D eigenvalue weighted by Gasteiger charge is -2.17. The summed E-state index contributed by atoms with van der Waals surface area (Å²) in [5.41, 5.74) is 0. The second-order valence-corrected chi connectivity index (χ2v) is 4.41. The van der Waals surface area contributed by atoms with E-state index in [9.17, 15) is 14.0 Å². The highest BCUT2D eigenvalue weighted by Gasteiger charge is 2.12. The van der Waals surface area contributed by atoms with Gasteiger partial charge in [-0.3, -0.25) is 9.59 Å². The summed E-state index contributed by atoms with van der Waals surface area (Å²) in [4.78, 5) is 24.0. The Balaban J connectivity index is 2.44. The fourth-order valence-corrected chi connectivity index (χ4v) is 1.55. The van der Waals surface area contributed by atoms with Crippen LogP contribution in [0.15, 0.2) is 18.2 Å². The Bertz CT molecular complexity index is 495. The van der Waals surface area contributed by atoms with E-state index in [4.69, 9.17) is 16.3 Å². The van der Waals surface area contributed by atoms with Crippen molar-refractivity contribution in [3.05, 3.63) is 29.0 Å². The van der Waals surface area contributed by atoms with Crippen LogP contribution in [0.1, 0.15) is 6.42 Å². The van der Waals surface area contributed by atoms with Gasteiger partial charge >= 0.3 is 5.97 Å². The number of rotatable bonds is 6. The largest absolute Gasteiger partial charge is 0.482 e. The number of esters is 1. The molecule has 1 rings (SSSR count). The standard InChI is InChI=1S/C13H15ClFNO4/c1-16(6-5-13(18)19-2)12(17)8-20-11-4-3-9(15)7-10(11)14/h3-4,7H,5-6,8H2,1-2H3. The van der Waals surface area contributed by atoms with Gasteiger partial charge < -0.3 is 14.4 Å². The molecule has 1 amide bonds. The van der Waals surface area contributed by atoms with Gasteiger partial charge in [-0.05, 0) is 18.2 Å². The number of methoxy groups -OCH3 is 1. The summed E-state index contributed by atoms with van der Waals surface area (Å²) in [7, 11) is 2.82. The van der Waals surface area contributed by atoms with Crippen LogP contribution in [0.25, 0.3) is 0 Å². The Morgan fingerprint density at radius 1 is 1.40 bits per heavy atom. The molecular weight excluding hydrogens is 289 g/mol. The van der Waals surface area contributed by atoms with Gasteiger partial charge in [0.05, 0.1) is 18.6 Å². The first-order valence-electron chi connectivity index (χ1n) is 5.82. The van der Waals surface area contributed by atoms with Gasteiger partial charge in [-0.2, -0.15) is 0 Å². The number of benzene rings is 1. The van der Waals surface area contributed by atoms with Crippen molar-refractivity contribution in [2.45, 2.75) is 6.42 Å². The van der Waals surface area contributed by atoms with E-state index in [0.29, 0.717) is 0 Å². The topological polar surface area (TPSA) is 55.8 Å². The van der Waals surface area contributed by atoms with Crippen LogP contribution in [-0.2, 0) is 14.3 Å². The van der Waals surface area contributed by atoms with E-state index >= 15 is 0 Å². The van der Waals surface area contributed by atoms with Gasteiger partial charge in [-0.25, -0.2) is 4.39 Å². The highest BCUT2D eigenvalue weighted by Crippen LogP contribution is 2.24. The Kier molecular flexibility index (Phi) is 6.24. The van der Waals surface area contributed by atoms with Gasteiger partial charge in [0, 0.05) is 13.6 Å². The average molecular weight is 304 g/mol. The third-order valence-electron chi connectivity index (χ3n) is 2.55. The van der Waals surface area contributed by atoms with Crippen LogP contribution in [0.2, 0.25) is 5.02 Å². The first-order chi connectivity index (χ1) is 9.43. The van der Waals surface area contributed by atoms with Crippen molar-refractivity contribution in [2.24, 2.45) is 0 Å². The maximum Gasteiger partial charge on any atom is 0.307 e. The van der Waals surface area contributed by atoms with Gasteiger partial charge in [0.2, 0.25) is 0 Å². The lowest BCUT2D eigenvalue weighted by Crippen LogP contribution is -2.33. The number of carbonyl (C=O) groups is 2. The predicted molar refractivity (Wildman–Crippen MR) is 71.2 cm³/mol. The number of carbonyl (C=O) groups excluding carboxylic acids is 2. The number of amides is 1. The summed E-state index contributed by atoms with van der Waals surface area (Å²) >= 11 is 5.76. The molecule has 0 heterocycles. The first-order valence-corrected chi connectivity index (χ1v) is 6.20. The summed E-state index contributed by atoms with van der Waals surface area (Å²) in [6.07, 6.45) is 0.107. The molecule has 0 bridgehead atoms. The SMILES string of the molecule is COC(=O)CCN(C)C(=O)COc1ccc(F)cc1Cl. The van der Waals surface area contributed by atoms with Crippen molar-refractivity contribution < 1.29 is 23.5 Å². The fourth-order valence-electron chi connectivity index (χ4n) is 1.33. The second-order valence-electron chi connectivity index (χ2n) is 4.00. The molecule has 0 saturated heterocycles. The molecule has 7 heteroatoms. The average Bonchev–Trinajstić information content (AvgIpc) is 2.42. The molecule has 0 fully saturated rings. The molecule has 0 aliphatic heterocycles. The molecule has 0 saturated carbocycles. The number of halogens is 2. The third kappa shape index (κ3) is 5.05. The Morgan fingerprint density at radius 2 is 2.10 bits per heavy atom. The van der Waals surface area contributed by atoms with E-state index < -0.39 is 11.8 Å². The summed E-state index contributed by atoms with van der Waals surface area (Å²) in [6, 6.07) is 3.63. The van der Waals surface area contributed by atoms with Gasteiger partial charge in [0.25, 0.3) is 5.91 Å². The summed E-state index contributed by atoms with van der Waals surface area (Å²) in [5, 5.41) is 0.0926. The minimum Gasteiger partial charge on any atom is -0.482 e. The highest BCUT2D eigenvalue weighted by atomic mass is 35.5. The molecule has 1 aromatic rings. The molecule has 5 nitrogen and oxygen atoms in total. The zero-order valence-corrected chi connectivity index (χ0v) is 11.9. The predicted octanol–water partition coefficient (Wildman–Crippen LogP) is 1.88. The molecule has 0 aromatic heterocycles. The highest BCUT2D eigenvalue weighted by molar-refractivity contribution is 6.32. The van der Waals surface area contributed by atoms with Crippen molar-refractivity contribution in [2.75, 3.05) is 27.3 Å². The second kappa shape index (κ2) is 7.69. The number of nitrogens with zero attached hydrogens (tertiary/aromatic N) is 1. The van der Waals surface area contributed by atoms with Gasteiger partial charge in [-0.1, -0.05) is 11.6 Å². The lowest BCUT2D eigenvalue weighted by atomic mass is 10.3. The Hall–Kier alpha value is -1.82. The molecular formula is C13H15ClFNO4. The van der Waals surface area contributed by atoms with Crippen molar-refractivity contribution in [3.8, 4) is 5.75 Å². The Morgan fingerprint density at radius 3 is 2.70 bits per heavy atom. The van der Waals surface area contributed by atoms with Crippen molar-refractivity contribution in [1.29, 1.82) is 0 Å². The quantitative estimate of drug-likeness (QED) is 0.753. The number of hydrogen-bond donors (Lipinski definition) is 0. The fraction of sp³-hybridized carbons (Fsp3) is 0.385. The molecule has 0 spiro atoms. The summed E-state index contributed by atoms with van der Waals surface area (Å²) < 4.78 is 22.5. The smallest absolute Gasteiger partial charge is 0.307 e. The van der Waals surface area contributed by atoms with E-state index in [-0.39, 0.29) is 36.3 Å². The summed E-state index contributed by atoms with van der Waals surface area (Å²) in [6.45, 7) is -0.0188. The number of ether oxygens (including phenoxy) is 2. The summed E-state index contributed by atoms with van der Waals surface area (Å²) in [5.74, 6) is -0.979. The van der Waals surface area contributed by atoms with Crippen LogP contribution in [0.4, 0.5) is 4.39 Å². The van der Waals surface area contributed by atoms with Crippen molar-refractivity contribution in [1.82, 2.24) is 4.90 Å². The van der Waals surface area contributed by atoms with E-state index in [0.717, 1.165) is 6.07 Å². The molecule has 0 aliphatic carbocycles. The maximum absolute atomic E-state index is 12.8. The van der Waals surface area contributed by atoms with E-state index in [1.807, 2.05) is 0 Å². The van der Waals surface area contributed by atoms with Crippen LogP contribution in [-0.4, -0.2) is 44.1 Å². The van der Waals surface area contributed by atoms with Gasteiger partial charge in [-0.15, -0.1) is 0 Å².